The highest BCUT2D eigenvalue weighted by atomic mass is 16.5. The third kappa shape index (κ3) is 4.33. The Bertz CT molecular complexity index is 221. The van der Waals surface area contributed by atoms with Crippen LogP contribution in [0.2, 0.25) is 0 Å². The normalized spacial score (nSPS) is 27.3. The van der Waals surface area contributed by atoms with Gasteiger partial charge in [-0.15, -0.1) is 0 Å². The molecule has 0 aromatic carbocycles. The van der Waals surface area contributed by atoms with Crippen LogP contribution in [0.15, 0.2) is 0 Å². The fourth-order valence-electron chi connectivity index (χ4n) is 2.54. The molecule has 0 aliphatic heterocycles. The van der Waals surface area contributed by atoms with Gasteiger partial charge in [0.15, 0.2) is 5.78 Å². The second-order valence-electron chi connectivity index (χ2n) is 5.74. The van der Waals surface area contributed by atoms with Gasteiger partial charge in [-0.05, 0) is 44.4 Å². The van der Waals surface area contributed by atoms with Crippen LogP contribution in [0, 0.1) is 11.3 Å². The SMILES string of the molecule is CC(=O)COC(C)C1CCCC(C)(C)C1. The highest BCUT2D eigenvalue weighted by molar-refractivity contribution is 5.76. The van der Waals surface area contributed by atoms with Gasteiger partial charge in [-0.25, -0.2) is 0 Å². The lowest BCUT2D eigenvalue weighted by molar-refractivity contribution is -0.124. The molecule has 0 spiro atoms. The molecular weight excluding hydrogens is 188 g/mol. The maximum Gasteiger partial charge on any atom is 0.155 e. The molecule has 1 rings (SSSR count). The van der Waals surface area contributed by atoms with Crippen molar-refractivity contribution in [2.45, 2.75) is 59.5 Å². The molecule has 88 valence electrons. The Morgan fingerprint density at radius 2 is 2.20 bits per heavy atom. The Balaban J connectivity index is 2.38. The van der Waals surface area contributed by atoms with Crippen molar-refractivity contribution in [2.24, 2.45) is 11.3 Å². The van der Waals surface area contributed by atoms with Crippen LogP contribution < -0.4 is 0 Å². The minimum absolute atomic E-state index is 0.122. The number of carbonyl (C=O) groups excluding carboxylic acids is 1. The summed E-state index contributed by atoms with van der Waals surface area (Å²) in [7, 11) is 0. The minimum Gasteiger partial charge on any atom is -0.370 e. The molecule has 0 saturated heterocycles. The molecular formula is C13H24O2. The molecule has 0 bridgehead atoms. The number of hydrogen-bond acceptors (Lipinski definition) is 2. The Kier molecular flexibility index (Phi) is 4.32. The van der Waals surface area contributed by atoms with E-state index in [1.165, 1.54) is 25.7 Å². The third-order valence-electron chi connectivity index (χ3n) is 3.46. The predicted molar refractivity (Wildman–Crippen MR) is 61.8 cm³/mol. The highest BCUT2D eigenvalue weighted by Gasteiger charge is 2.31. The first-order valence-corrected chi connectivity index (χ1v) is 6.02. The van der Waals surface area contributed by atoms with Crippen molar-refractivity contribution in [3.05, 3.63) is 0 Å². The van der Waals surface area contributed by atoms with Crippen molar-refractivity contribution in [1.29, 1.82) is 0 Å². The fraction of sp³-hybridized carbons (Fsp3) is 0.923. The second kappa shape index (κ2) is 5.11. The standard InChI is InChI=1S/C13H24O2/c1-10(14)9-15-11(2)12-6-5-7-13(3,4)8-12/h11-12H,5-9H2,1-4H3. The first-order chi connectivity index (χ1) is 6.91. The van der Waals surface area contributed by atoms with Crippen molar-refractivity contribution in [3.8, 4) is 0 Å². The lowest BCUT2D eigenvalue weighted by Crippen LogP contribution is -2.31. The molecule has 0 amide bonds. The second-order valence-corrected chi connectivity index (χ2v) is 5.74. The first-order valence-electron chi connectivity index (χ1n) is 6.02. The molecule has 0 heterocycles. The van der Waals surface area contributed by atoms with Crippen LogP contribution in [-0.4, -0.2) is 18.5 Å². The number of rotatable bonds is 4. The number of hydrogen-bond donors (Lipinski definition) is 0. The van der Waals surface area contributed by atoms with Crippen LogP contribution in [0.3, 0.4) is 0 Å². The molecule has 2 unspecified atom stereocenters. The Morgan fingerprint density at radius 1 is 1.53 bits per heavy atom. The van der Waals surface area contributed by atoms with Crippen LogP contribution >= 0.6 is 0 Å². The number of ether oxygens (including phenoxy) is 1. The summed E-state index contributed by atoms with van der Waals surface area (Å²) in [6.45, 7) is 8.62. The van der Waals surface area contributed by atoms with E-state index in [9.17, 15) is 4.79 Å². The molecule has 15 heavy (non-hydrogen) atoms. The van der Waals surface area contributed by atoms with E-state index in [1.54, 1.807) is 6.92 Å². The van der Waals surface area contributed by atoms with Gasteiger partial charge in [0.25, 0.3) is 0 Å². The molecule has 0 radical (unpaired) electrons. The fourth-order valence-corrected chi connectivity index (χ4v) is 2.54. The topological polar surface area (TPSA) is 26.3 Å². The van der Waals surface area contributed by atoms with E-state index in [0.29, 0.717) is 11.3 Å². The van der Waals surface area contributed by atoms with Gasteiger partial charge < -0.3 is 4.74 Å². The maximum atomic E-state index is 10.8. The Hall–Kier alpha value is -0.370. The molecule has 0 aromatic rings. The van der Waals surface area contributed by atoms with E-state index < -0.39 is 0 Å². The molecule has 1 aliphatic carbocycles. The van der Waals surface area contributed by atoms with E-state index in [4.69, 9.17) is 4.74 Å². The van der Waals surface area contributed by atoms with Gasteiger partial charge in [0, 0.05) is 0 Å². The quantitative estimate of drug-likeness (QED) is 0.715. The zero-order valence-electron chi connectivity index (χ0n) is 10.5. The van der Waals surface area contributed by atoms with E-state index >= 15 is 0 Å². The third-order valence-corrected chi connectivity index (χ3v) is 3.46. The van der Waals surface area contributed by atoms with Gasteiger partial charge >= 0.3 is 0 Å². The van der Waals surface area contributed by atoms with Gasteiger partial charge in [0.1, 0.15) is 6.61 Å². The van der Waals surface area contributed by atoms with Crippen molar-refractivity contribution >= 4 is 5.78 Å². The zero-order valence-corrected chi connectivity index (χ0v) is 10.5. The summed E-state index contributed by atoms with van der Waals surface area (Å²) in [6, 6.07) is 0. The average Bonchev–Trinajstić information content (AvgIpc) is 2.12. The van der Waals surface area contributed by atoms with E-state index in [0.717, 1.165) is 0 Å². The van der Waals surface area contributed by atoms with Crippen molar-refractivity contribution in [3.63, 3.8) is 0 Å². The monoisotopic (exact) mass is 212 g/mol. The number of carbonyl (C=O) groups is 1. The van der Waals surface area contributed by atoms with Crippen molar-refractivity contribution in [1.82, 2.24) is 0 Å². The molecule has 2 nitrogen and oxygen atoms in total. The average molecular weight is 212 g/mol. The number of Topliss-reactive ketones (excluding diaryl/α,β-unsaturated/α-hetero) is 1. The number of ketones is 1. The predicted octanol–water partition coefficient (Wildman–Crippen LogP) is 3.20. The van der Waals surface area contributed by atoms with Crippen LogP contribution in [0.4, 0.5) is 0 Å². The van der Waals surface area contributed by atoms with Crippen molar-refractivity contribution in [2.75, 3.05) is 6.61 Å². The summed E-state index contributed by atoms with van der Waals surface area (Å²) in [5.41, 5.74) is 0.455. The molecule has 2 heteroatoms. The molecule has 2 atom stereocenters. The van der Waals surface area contributed by atoms with E-state index in [2.05, 4.69) is 20.8 Å². The van der Waals surface area contributed by atoms with Crippen LogP contribution in [-0.2, 0) is 9.53 Å². The summed E-state index contributed by atoms with van der Waals surface area (Å²) in [5.74, 6) is 0.755. The largest absolute Gasteiger partial charge is 0.370 e. The van der Waals surface area contributed by atoms with Crippen molar-refractivity contribution < 1.29 is 9.53 Å². The lowest BCUT2D eigenvalue weighted by Gasteiger charge is -2.37. The zero-order chi connectivity index (χ0) is 11.5. The smallest absolute Gasteiger partial charge is 0.155 e. The lowest BCUT2D eigenvalue weighted by atomic mass is 9.71. The van der Waals surface area contributed by atoms with Gasteiger partial charge in [-0.3, -0.25) is 4.79 Å². The minimum atomic E-state index is 0.122. The van der Waals surface area contributed by atoms with E-state index in [1.807, 2.05) is 0 Å². The Morgan fingerprint density at radius 3 is 2.73 bits per heavy atom. The molecule has 0 N–H and O–H groups in total. The summed E-state index contributed by atoms with van der Waals surface area (Å²) in [5, 5.41) is 0. The van der Waals surface area contributed by atoms with Crippen LogP contribution in [0.25, 0.3) is 0 Å². The summed E-state index contributed by atoms with van der Waals surface area (Å²) < 4.78 is 5.59. The van der Waals surface area contributed by atoms with Crippen LogP contribution in [0.5, 0.6) is 0 Å². The maximum absolute atomic E-state index is 10.8. The van der Waals surface area contributed by atoms with E-state index in [-0.39, 0.29) is 18.5 Å². The summed E-state index contributed by atoms with van der Waals surface area (Å²) in [6.07, 6.45) is 5.33. The molecule has 1 fully saturated rings. The molecule has 1 saturated carbocycles. The summed E-state index contributed by atoms with van der Waals surface area (Å²) in [4.78, 5) is 10.8. The van der Waals surface area contributed by atoms with Gasteiger partial charge in [-0.1, -0.05) is 20.3 Å². The van der Waals surface area contributed by atoms with Gasteiger partial charge in [-0.2, -0.15) is 0 Å². The molecule has 1 aliphatic rings. The molecule has 0 aromatic heterocycles. The first kappa shape index (κ1) is 12.7. The van der Waals surface area contributed by atoms with Crippen LogP contribution in [0.1, 0.15) is 53.4 Å². The van der Waals surface area contributed by atoms with Gasteiger partial charge in [0.2, 0.25) is 0 Å². The summed E-state index contributed by atoms with van der Waals surface area (Å²) >= 11 is 0. The Labute approximate surface area is 93.4 Å². The highest BCUT2D eigenvalue weighted by Crippen LogP contribution is 2.40. The van der Waals surface area contributed by atoms with Gasteiger partial charge in [0.05, 0.1) is 6.10 Å².